The third kappa shape index (κ3) is 6.52. The van der Waals surface area contributed by atoms with E-state index in [2.05, 4.69) is 62.1 Å². The molecule has 2 saturated heterocycles. The van der Waals surface area contributed by atoms with Crippen molar-refractivity contribution in [3.8, 4) is 6.07 Å². The van der Waals surface area contributed by atoms with Gasteiger partial charge >= 0.3 is 0 Å². The molecule has 0 amide bonds. The Morgan fingerprint density at radius 2 is 1.60 bits per heavy atom. The summed E-state index contributed by atoms with van der Waals surface area (Å²) < 4.78 is 12.4. The van der Waals surface area contributed by atoms with Crippen LogP contribution in [0.2, 0.25) is 0 Å². The molecule has 0 aromatic rings. The topological polar surface area (TPSA) is 48.7 Å². The van der Waals surface area contributed by atoms with E-state index in [-0.39, 0.29) is 15.9 Å². The summed E-state index contributed by atoms with van der Waals surface area (Å²) in [6.45, 7) is 16.0. The van der Waals surface area contributed by atoms with Gasteiger partial charge in [-0.25, -0.2) is 0 Å². The number of hydrogen-bond donors (Lipinski definition) is 1. The molecule has 7 heteroatoms. The third-order valence-corrected chi connectivity index (χ3v) is 8.93. The zero-order chi connectivity index (χ0) is 22.0. The highest BCUT2D eigenvalue weighted by Crippen LogP contribution is 2.38. The lowest BCUT2D eigenvalue weighted by atomic mass is 9.78. The third-order valence-electron chi connectivity index (χ3n) is 7.07. The van der Waals surface area contributed by atoms with Crippen LogP contribution in [-0.4, -0.2) is 71.3 Å². The molecule has 0 bridgehead atoms. The first-order chi connectivity index (χ1) is 14.0. The van der Waals surface area contributed by atoms with Crippen LogP contribution in [0.25, 0.3) is 0 Å². The zero-order valence-corrected chi connectivity index (χ0v) is 21.2. The lowest BCUT2D eigenvalue weighted by Crippen LogP contribution is -2.52. The van der Waals surface area contributed by atoms with Gasteiger partial charge in [-0.3, -0.25) is 4.90 Å². The molecule has 172 valence electrons. The van der Waals surface area contributed by atoms with Crippen LogP contribution in [0.5, 0.6) is 0 Å². The fraction of sp³-hybridized carbons (Fsp3) is 0.957. The van der Waals surface area contributed by atoms with Gasteiger partial charge < -0.3 is 14.4 Å². The van der Waals surface area contributed by atoms with Gasteiger partial charge in [0, 0.05) is 51.1 Å². The van der Waals surface area contributed by atoms with E-state index in [1.54, 1.807) is 0 Å². The SMILES string of the molecule is CC(C)(O[C@H]1C[C@H](OC2CCN(CC3(C#N)CCN(C(C)(C)C)CC3)CC2)C1)SS. The standard InChI is InChI=1S/C23H41N3O2S2/c1-21(2,3)26-12-8-23(16-24,9-13-26)17-25-10-6-18(7-11-25)27-19-14-20(15-19)28-22(4,5)30-29/h18-20,29H,6-15,17H2,1-5H3/t19-,20-. The molecule has 3 rings (SSSR count). The zero-order valence-electron chi connectivity index (χ0n) is 19.5. The van der Waals surface area contributed by atoms with E-state index in [0.29, 0.717) is 18.3 Å². The summed E-state index contributed by atoms with van der Waals surface area (Å²) in [6.07, 6.45) is 7.15. The maximum Gasteiger partial charge on any atom is 0.118 e. The van der Waals surface area contributed by atoms with Gasteiger partial charge in [-0.15, -0.1) is 11.7 Å². The van der Waals surface area contributed by atoms with Gasteiger partial charge in [-0.2, -0.15) is 5.26 Å². The van der Waals surface area contributed by atoms with E-state index in [0.717, 1.165) is 71.2 Å². The van der Waals surface area contributed by atoms with Crippen molar-refractivity contribution < 1.29 is 9.47 Å². The molecule has 0 aromatic heterocycles. The second-order valence-corrected chi connectivity index (χ2v) is 12.7. The summed E-state index contributed by atoms with van der Waals surface area (Å²) >= 11 is 4.29. The number of hydrogen-bond acceptors (Lipinski definition) is 7. The highest BCUT2D eigenvalue weighted by atomic mass is 33.1. The van der Waals surface area contributed by atoms with Crippen LogP contribution in [0.4, 0.5) is 0 Å². The number of nitriles is 1. The maximum absolute atomic E-state index is 9.96. The fourth-order valence-corrected chi connectivity index (χ4v) is 5.27. The first-order valence-electron chi connectivity index (χ1n) is 11.6. The van der Waals surface area contributed by atoms with Crippen LogP contribution in [0, 0.1) is 16.7 Å². The Hall–Kier alpha value is 0.0300. The molecule has 3 aliphatic rings. The van der Waals surface area contributed by atoms with Gasteiger partial charge in [-0.1, -0.05) is 10.8 Å². The highest BCUT2D eigenvalue weighted by Gasteiger charge is 2.40. The predicted octanol–water partition coefficient (Wildman–Crippen LogP) is 4.73. The first kappa shape index (κ1) is 24.7. The Morgan fingerprint density at radius 3 is 2.10 bits per heavy atom. The van der Waals surface area contributed by atoms with Crippen LogP contribution in [0.15, 0.2) is 0 Å². The summed E-state index contributed by atoms with van der Waals surface area (Å²) in [4.78, 5) is 4.80. The van der Waals surface area contributed by atoms with Crippen LogP contribution in [-0.2, 0) is 9.47 Å². The average Bonchev–Trinajstić information content (AvgIpc) is 2.67. The van der Waals surface area contributed by atoms with Crippen LogP contribution < -0.4 is 0 Å². The molecule has 0 N–H and O–H groups in total. The lowest BCUT2D eigenvalue weighted by molar-refractivity contribution is -0.152. The second-order valence-electron chi connectivity index (χ2n) is 11.0. The summed E-state index contributed by atoms with van der Waals surface area (Å²) in [5.41, 5.74) is 0.0238. The monoisotopic (exact) mass is 455 g/mol. The Balaban J connectivity index is 1.36. The van der Waals surface area contributed by atoms with Crippen LogP contribution in [0.1, 0.15) is 73.1 Å². The molecular weight excluding hydrogens is 414 g/mol. The van der Waals surface area contributed by atoms with Gasteiger partial charge in [0.2, 0.25) is 0 Å². The number of thiol groups is 1. The Morgan fingerprint density at radius 1 is 1.00 bits per heavy atom. The van der Waals surface area contributed by atoms with E-state index in [1.165, 1.54) is 10.8 Å². The molecule has 30 heavy (non-hydrogen) atoms. The highest BCUT2D eigenvalue weighted by molar-refractivity contribution is 8.69. The van der Waals surface area contributed by atoms with Gasteiger partial charge in [0.1, 0.15) is 4.93 Å². The van der Waals surface area contributed by atoms with Crippen LogP contribution in [0.3, 0.4) is 0 Å². The molecule has 2 heterocycles. The minimum atomic E-state index is -0.232. The number of ether oxygens (including phenoxy) is 2. The van der Waals surface area contributed by atoms with Crippen molar-refractivity contribution in [2.24, 2.45) is 5.41 Å². The smallest absolute Gasteiger partial charge is 0.118 e. The predicted molar refractivity (Wildman–Crippen MR) is 128 cm³/mol. The van der Waals surface area contributed by atoms with Gasteiger partial charge in [0.05, 0.1) is 29.8 Å². The second kappa shape index (κ2) is 9.89. The quantitative estimate of drug-likeness (QED) is 0.340. The number of likely N-dealkylation sites (tertiary alicyclic amines) is 2. The number of piperidine rings is 2. The maximum atomic E-state index is 9.96. The minimum absolute atomic E-state index is 0.175. The molecule has 3 fully saturated rings. The van der Waals surface area contributed by atoms with Crippen molar-refractivity contribution in [1.29, 1.82) is 5.26 Å². The normalized spacial score (nSPS) is 29.4. The van der Waals surface area contributed by atoms with Crippen molar-refractivity contribution in [1.82, 2.24) is 9.80 Å². The molecule has 5 nitrogen and oxygen atoms in total. The lowest BCUT2D eigenvalue weighted by Gasteiger charge is -2.46. The molecule has 1 saturated carbocycles. The molecule has 0 atom stereocenters. The van der Waals surface area contributed by atoms with Crippen molar-refractivity contribution in [2.45, 2.75) is 102 Å². The van der Waals surface area contributed by atoms with Gasteiger partial charge in [-0.05, 0) is 60.3 Å². The molecular formula is C23H41N3O2S2. The first-order valence-corrected chi connectivity index (χ1v) is 13.5. The van der Waals surface area contributed by atoms with Crippen molar-refractivity contribution in [3.63, 3.8) is 0 Å². The van der Waals surface area contributed by atoms with E-state index >= 15 is 0 Å². The molecule has 0 spiro atoms. The summed E-state index contributed by atoms with van der Waals surface area (Å²) in [6, 6.07) is 2.71. The number of nitrogens with zero attached hydrogens (tertiary/aromatic N) is 3. The summed E-state index contributed by atoms with van der Waals surface area (Å²) in [7, 11) is 1.46. The largest absolute Gasteiger partial charge is 0.375 e. The molecule has 1 aliphatic carbocycles. The van der Waals surface area contributed by atoms with Crippen LogP contribution >= 0.6 is 22.5 Å². The average molecular weight is 456 g/mol. The Kier molecular flexibility index (Phi) is 8.13. The number of rotatable bonds is 7. The molecule has 0 aromatic carbocycles. The van der Waals surface area contributed by atoms with Crippen molar-refractivity contribution in [2.75, 3.05) is 32.7 Å². The fourth-order valence-electron chi connectivity index (χ4n) is 4.96. The summed E-state index contributed by atoms with van der Waals surface area (Å²) in [5.74, 6) is 0. The minimum Gasteiger partial charge on any atom is -0.375 e. The van der Waals surface area contributed by atoms with E-state index in [9.17, 15) is 5.26 Å². The summed E-state index contributed by atoms with van der Waals surface area (Å²) in [5, 5.41) is 9.96. The molecule has 2 aliphatic heterocycles. The van der Waals surface area contributed by atoms with Gasteiger partial charge in [0.25, 0.3) is 0 Å². The molecule has 0 radical (unpaired) electrons. The Bertz CT molecular complexity index is 595. The van der Waals surface area contributed by atoms with E-state index in [4.69, 9.17) is 9.47 Å². The Labute approximate surface area is 193 Å². The van der Waals surface area contributed by atoms with Gasteiger partial charge in [0.15, 0.2) is 0 Å². The van der Waals surface area contributed by atoms with Crippen molar-refractivity contribution in [3.05, 3.63) is 0 Å². The van der Waals surface area contributed by atoms with E-state index < -0.39 is 0 Å². The molecule has 0 unspecified atom stereocenters. The van der Waals surface area contributed by atoms with Crippen molar-refractivity contribution >= 4 is 22.5 Å². The van der Waals surface area contributed by atoms with E-state index in [1.807, 2.05) is 0 Å².